The first-order valence-corrected chi connectivity index (χ1v) is 11.0. The highest BCUT2D eigenvalue weighted by Crippen LogP contribution is 2.31. The summed E-state index contributed by atoms with van der Waals surface area (Å²) >= 11 is 0. The van der Waals surface area contributed by atoms with Crippen molar-refractivity contribution in [1.29, 1.82) is 0 Å². The van der Waals surface area contributed by atoms with Gasteiger partial charge in [-0.15, -0.1) is 0 Å². The van der Waals surface area contributed by atoms with Crippen LogP contribution in [0.5, 0.6) is 11.5 Å². The quantitative estimate of drug-likeness (QED) is 0.503. The molecule has 0 spiro atoms. The van der Waals surface area contributed by atoms with E-state index in [1.165, 1.54) is 11.1 Å². The van der Waals surface area contributed by atoms with Crippen LogP contribution < -0.4 is 9.05 Å². The lowest BCUT2D eigenvalue weighted by Crippen LogP contribution is -2.10. The Kier molecular flexibility index (Phi) is 9.29. The van der Waals surface area contributed by atoms with Crippen LogP contribution in [0, 0.1) is 0 Å². The van der Waals surface area contributed by atoms with Crippen molar-refractivity contribution in [2.75, 3.05) is 0 Å². The molecule has 0 aliphatic carbocycles. The lowest BCUT2D eigenvalue weighted by atomic mass is 9.87. The van der Waals surface area contributed by atoms with E-state index in [9.17, 15) is 0 Å². The summed E-state index contributed by atoms with van der Waals surface area (Å²) in [6.07, 6.45) is 0. The monoisotopic (exact) mass is 428 g/mol. The number of hydrogen-bond donors (Lipinski definition) is 4. The smallest absolute Gasteiger partial charge is 0.391 e. The average Bonchev–Trinajstić information content (AvgIpc) is 2.53. The predicted octanol–water partition coefficient (Wildman–Crippen LogP) is 5.15. The van der Waals surface area contributed by atoms with E-state index in [1.807, 2.05) is 24.3 Å². The van der Waals surface area contributed by atoms with Crippen molar-refractivity contribution in [2.45, 2.75) is 52.4 Å². The molecule has 4 N–H and O–H groups in total. The van der Waals surface area contributed by atoms with Crippen molar-refractivity contribution < 1.29 is 28.6 Å². The summed E-state index contributed by atoms with van der Waals surface area (Å²) in [5, 5.41) is 0. The molecule has 0 saturated heterocycles. The van der Waals surface area contributed by atoms with Gasteiger partial charge in [-0.2, -0.15) is 0 Å². The van der Waals surface area contributed by atoms with Gasteiger partial charge in [0.25, 0.3) is 0 Å². The first kappa shape index (κ1) is 24.8. The highest BCUT2D eigenvalue weighted by molar-refractivity contribution is 7.40. The summed E-state index contributed by atoms with van der Waals surface area (Å²) in [5.41, 5.74) is 2.57. The second-order valence-corrected chi connectivity index (χ2v) is 9.61. The molecule has 2 aromatic rings. The fraction of sp³-hybridized carbons (Fsp3) is 0.400. The minimum Gasteiger partial charge on any atom is -0.427 e. The summed E-state index contributed by atoms with van der Waals surface area (Å²) in [4.78, 5) is 34.5. The number of rotatable bonds is 4. The van der Waals surface area contributed by atoms with Gasteiger partial charge in [0.1, 0.15) is 11.5 Å². The van der Waals surface area contributed by atoms with E-state index in [0.29, 0.717) is 11.5 Å². The third-order valence-electron chi connectivity index (χ3n) is 3.81. The Labute approximate surface area is 169 Å². The fourth-order valence-corrected chi connectivity index (χ4v) is 2.84. The van der Waals surface area contributed by atoms with Crippen LogP contribution in [0.4, 0.5) is 0 Å². The van der Waals surface area contributed by atoms with Crippen LogP contribution in [0.1, 0.15) is 52.7 Å². The molecule has 0 heterocycles. The highest BCUT2D eigenvalue weighted by Gasteiger charge is 2.14. The van der Waals surface area contributed by atoms with Crippen molar-refractivity contribution in [3.05, 3.63) is 59.7 Å². The maximum atomic E-state index is 8.63. The Hall–Kier alpha value is -1.26. The number of benzene rings is 2. The van der Waals surface area contributed by atoms with E-state index in [-0.39, 0.29) is 10.8 Å². The van der Waals surface area contributed by atoms with E-state index in [0.717, 1.165) is 0 Å². The molecular weight excluding hydrogens is 398 g/mol. The lowest BCUT2D eigenvalue weighted by molar-refractivity contribution is 0.373. The van der Waals surface area contributed by atoms with Crippen LogP contribution in [0.15, 0.2) is 48.5 Å². The molecule has 0 amide bonds. The second-order valence-electron chi connectivity index (χ2n) is 8.24. The normalized spacial score (nSPS) is 11.9. The molecule has 0 aliphatic rings. The van der Waals surface area contributed by atoms with Crippen LogP contribution in [0.2, 0.25) is 0 Å². The maximum absolute atomic E-state index is 8.63. The Balaban J connectivity index is 0.000000280. The summed E-state index contributed by atoms with van der Waals surface area (Å²) in [6, 6.07) is 14.7. The summed E-state index contributed by atoms with van der Waals surface area (Å²) in [6.45, 7) is 12.7. The second kappa shape index (κ2) is 10.5. The van der Waals surface area contributed by atoms with Crippen LogP contribution in [0.3, 0.4) is 0 Å². The van der Waals surface area contributed by atoms with Gasteiger partial charge in [0.2, 0.25) is 0 Å². The van der Waals surface area contributed by atoms with Crippen molar-refractivity contribution in [1.82, 2.24) is 0 Å². The molecule has 6 nitrogen and oxygen atoms in total. The summed E-state index contributed by atoms with van der Waals surface area (Å²) in [5.74, 6) is 0.961. The van der Waals surface area contributed by atoms with E-state index in [1.54, 1.807) is 24.3 Å². The molecule has 28 heavy (non-hydrogen) atoms. The first-order valence-electron chi connectivity index (χ1n) is 8.72. The van der Waals surface area contributed by atoms with Crippen molar-refractivity contribution in [3.8, 4) is 11.5 Å². The number of hydrogen-bond acceptors (Lipinski definition) is 6. The van der Waals surface area contributed by atoms with Gasteiger partial charge in [0.05, 0.1) is 0 Å². The van der Waals surface area contributed by atoms with Gasteiger partial charge in [-0.1, -0.05) is 65.8 Å². The molecule has 0 aliphatic heterocycles. The third-order valence-corrected chi connectivity index (χ3v) is 4.56. The van der Waals surface area contributed by atoms with Crippen molar-refractivity contribution >= 4 is 17.2 Å². The molecular formula is C20H30O6P2. The van der Waals surface area contributed by atoms with E-state index in [2.05, 4.69) is 41.5 Å². The molecule has 0 atom stereocenters. The SMILES string of the molecule is CC(C)(C)c1ccc(OP(O)O)cc1.CC(C)(C)c1ccc(OP(O)O)cc1. The van der Waals surface area contributed by atoms with Crippen molar-refractivity contribution in [3.63, 3.8) is 0 Å². The molecule has 0 bridgehead atoms. The van der Waals surface area contributed by atoms with Crippen molar-refractivity contribution in [2.24, 2.45) is 0 Å². The largest absolute Gasteiger partial charge is 0.427 e. The molecule has 156 valence electrons. The molecule has 0 radical (unpaired) electrons. The maximum Gasteiger partial charge on any atom is 0.391 e. The van der Waals surface area contributed by atoms with Crippen LogP contribution in [0.25, 0.3) is 0 Å². The van der Waals surface area contributed by atoms with Gasteiger partial charge in [-0.3, -0.25) is 0 Å². The van der Waals surface area contributed by atoms with E-state index in [4.69, 9.17) is 28.6 Å². The molecule has 2 rings (SSSR count). The first-order chi connectivity index (χ1) is 12.8. The van der Waals surface area contributed by atoms with Gasteiger partial charge >= 0.3 is 17.2 Å². The molecule has 0 fully saturated rings. The zero-order valence-electron chi connectivity index (χ0n) is 17.1. The average molecular weight is 428 g/mol. The highest BCUT2D eigenvalue weighted by atomic mass is 31.2. The molecule has 2 aromatic carbocycles. The minimum absolute atomic E-state index is 0.0989. The molecule has 0 aromatic heterocycles. The van der Waals surface area contributed by atoms with Gasteiger partial charge in [0.15, 0.2) is 0 Å². The van der Waals surface area contributed by atoms with Crippen LogP contribution in [-0.2, 0) is 10.8 Å². The summed E-state index contributed by atoms with van der Waals surface area (Å²) < 4.78 is 9.52. The lowest BCUT2D eigenvalue weighted by Gasteiger charge is -2.19. The topological polar surface area (TPSA) is 99.4 Å². The van der Waals surface area contributed by atoms with Crippen LogP contribution >= 0.6 is 17.2 Å². The Bertz CT molecular complexity index is 638. The molecule has 0 saturated carbocycles. The predicted molar refractivity (Wildman–Crippen MR) is 114 cm³/mol. The molecule has 0 unspecified atom stereocenters. The zero-order chi connectivity index (χ0) is 21.5. The fourth-order valence-electron chi connectivity index (χ4n) is 2.22. The van der Waals surface area contributed by atoms with E-state index < -0.39 is 17.2 Å². The standard InChI is InChI=1S/2C10H15O3P/c2*1-10(2,3)8-4-6-9(7-5-8)13-14(11)12/h2*4-7,11-12H,1-3H3. The van der Waals surface area contributed by atoms with Gasteiger partial charge < -0.3 is 28.6 Å². The van der Waals surface area contributed by atoms with Gasteiger partial charge in [-0.25, -0.2) is 0 Å². The third kappa shape index (κ3) is 9.29. The van der Waals surface area contributed by atoms with Gasteiger partial charge in [-0.05, 0) is 46.2 Å². The Morgan fingerprint density at radius 2 is 0.786 bits per heavy atom. The van der Waals surface area contributed by atoms with Crippen LogP contribution in [-0.4, -0.2) is 19.6 Å². The van der Waals surface area contributed by atoms with Gasteiger partial charge in [0, 0.05) is 0 Å². The minimum atomic E-state index is -2.31. The zero-order valence-corrected chi connectivity index (χ0v) is 18.9. The Morgan fingerprint density at radius 1 is 0.536 bits per heavy atom. The van der Waals surface area contributed by atoms with E-state index >= 15 is 0 Å². The Morgan fingerprint density at radius 3 is 0.964 bits per heavy atom. The summed E-state index contributed by atoms with van der Waals surface area (Å²) in [7, 11) is -4.63. The molecule has 8 heteroatoms.